The topological polar surface area (TPSA) is 38.0 Å². The van der Waals surface area contributed by atoms with Gasteiger partial charge in [-0.25, -0.2) is 0 Å². The molecular weight excluding hydrogens is 256 g/mol. The molecule has 0 heterocycles. The van der Waals surface area contributed by atoms with Crippen LogP contribution in [-0.4, -0.2) is 0 Å². The van der Waals surface area contributed by atoms with Crippen molar-refractivity contribution in [2.45, 2.75) is 39.5 Å². The lowest BCUT2D eigenvalue weighted by atomic mass is 10.0. The van der Waals surface area contributed by atoms with E-state index in [0.717, 1.165) is 23.7 Å². The van der Waals surface area contributed by atoms with E-state index >= 15 is 0 Å². The van der Waals surface area contributed by atoms with Gasteiger partial charge in [0.2, 0.25) is 0 Å². The highest BCUT2D eigenvalue weighted by atomic mass is 14.9. The SMILES string of the molecule is CC(C)CCCCc1cc(N)ccc1Nc1ccccc1. The van der Waals surface area contributed by atoms with Gasteiger partial charge in [0.25, 0.3) is 0 Å². The third-order valence-corrected chi connectivity index (χ3v) is 3.66. The third-order valence-electron chi connectivity index (χ3n) is 3.66. The largest absolute Gasteiger partial charge is 0.399 e. The molecule has 2 aromatic carbocycles. The van der Waals surface area contributed by atoms with Crippen LogP contribution in [0.25, 0.3) is 0 Å². The lowest BCUT2D eigenvalue weighted by molar-refractivity contribution is 0.538. The molecule has 112 valence electrons. The smallest absolute Gasteiger partial charge is 0.0418 e. The van der Waals surface area contributed by atoms with Crippen LogP contribution < -0.4 is 11.1 Å². The van der Waals surface area contributed by atoms with Crippen molar-refractivity contribution in [3.63, 3.8) is 0 Å². The zero-order valence-electron chi connectivity index (χ0n) is 13.1. The Morgan fingerprint density at radius 3 is 2.48 bits per heavy atom. The van der Waals surface area contributed by atoms with Gasteiger partial charge in [-0.3, -0.25) is 0 Å². The molecule has 2 aromatic rings. The van der Waals surface area contributed by atoms with Crippen LogP contribution in [0.4, 0.5) is 17.1 Å². The Kier molecular flexibility index (Phi) is 5.68. The van der Waals surface area contributed by atoms with Crippen molar-refractivity contribution in [2.75, 3.05) is 11.1 Å². The zero-order valence-corrected chi connectivity index (χ0v) is 13.1. The van der Waals surface area contributed by atoms with Gasteiger partial charge in [0.05, 0.1) is 0 Å². The zero-order chi connectivity index (χ0) is 15.1. The molecule has 21 heavy (non-hydrogen) atoms. The van der Waals surface area contributed by atoms with Gasteiger partial charge in [-0.2, -0.15) is 0 Å². The Hall–Kier alpha value is -1.96. The van der Waals surface area contributed by atoms with Crippen LogP contribution in [0.2, 0.25) is 0 Å². The Balaban J connectivity index is 2.03. The Labute approximate surface area is 128 Å². The monoisotopic (exact) mass is 282 g/mol. The molecule has 2 nitrogen and oxygen atoms in total. The number of unbranched alkanes of at least 4 members (excludes halogenated alkanes) is 1. The molecule has 0 unspecified atom stereocenters. The number of rotatable bonds is 7. The lowest BCUT2D eigenvalue weighted by Gasteiger charge is -2.13. The van der Waals surface area contributed by atoms with Gasteiger partial charge in [0.15, 0.2) is 0 Å². The number of nitrogen functional groups attached to an aromatic ring is 1. The van der Waals surface area contributed by atoms with Gasteiger partial charge in [0.1, 0.15) is 0 Å². The van der Waals surface area contributed by atoms with Gasteiger partial charge in [-0.05, 0) is 54.7 Å². The molecule has 0 saturated carbocycles. The molecule has 0 radical (unpaired) electrons. The lowest BCUT2D eigenvalue weighted by Crippen LogP contribution is -1.99. The van der Waals surface area contributed by atoms with Gasteiger partial charge >= 0.3 is 0 Å². The van der Waals surface area contributed by atoms with Crippen LogP contribution >= 0.6 is 0 Å². The van der Waals surface area contributed by atoms with E-state index in [4.69, 9.17) is 5.73 Å². The summed E-state index contributed by atoms with van der Waals surface area (Å²) in [6.07, 6.45) is 4.86. The normalized spacial score (nSPS) is 10.8. The maximum absolute atomic E-state index is 5.95. The fraction of sp³-hybridized carbons (Fsp3) is 0.368. The first-order chi connectivity index (χ1) is 10.1. The molecule has 0 fully saturated rings. The van der Waals surface area contributed by atoms with Crippen molar-refractivity contribution in [2.24, 2.45) is 5.92 Å². The van der Waals surface area contributed by atoms with E-state index in [1.807, 2.05) is 24.3 Å². The van der Waals surface area contributed by atoms with Crippen molar-refractivity contribution >= 4 is 17.1 Å². The summed E-state index contributed by atoms with van der Waals surface area (Å²) in [6.45, 7) is 4.56. The number of para-hydroxylation sites is 1. The highest BCUT2D eigenvalue weighted by Crippen LogP contribution is 2.25. The molecule has 2 heteroatoms. The summed E-state index contributed by atoms with van der Waals surface area (Å²) in [6, 6.07) is 16.4. The highest BCUT2D eigenvalue weighted by Gasteiger charge is 2.04. The van der Waals surface area contributed by atoms with Gasteiger partial charge in [-0.15, -0.1) is 0 Å². The van der Waals surface area contributed by atoms with E-state index in [2.05, 4.69) is 43.4 Å². The standard InChI is InChI=1S/C19H26N2/c1-15(2)8-6-7-9-16-14-17(20)12-13-19(16)21-18-10-4-3-5-11-18/h3-5,10-15,21H,6-9,20H2,1-2H3. The van der Waals surface area contributed by atoms with Crippen LogP contribution in [0.1, 0.15) is 38.7 Å². The molecule has 0 amide bonds. The summed E-state index contributed by atoms with van der Waals surface area (Å²) in [5.74, 6) is 0.785. The molecule has 0 aromatic heterocycles. The van der Waals surface area contributed by atoms with E-state index in [0.29, 0.717) is 0 Å². The minimum absolute atomic E-state index is 0.785. The first-order valence-electron chi connectivity index (χ1n) is 7.85. The van der Waals surface area contributed by atoms with E-state index in [1.165, 1.54) is 30.5 Å². The number of nitrogens with two attached hydrogens (primary N) is 1. The third kappa shape index (κ3) is 5.14. The van der Waals surface area contributed by atoms with Crippen molar-refractivity contribution in [1.29, 1.82) is 0 Å². The van der Waals surface area contributed by atoms with E-state index in [9.17, 15) is 0 Å². The van der Waals surface area contributed by atoms with Crippen LogP contribution in [0.3, 0.4) is 0 Å². The Morgan fingerprint density at radius 2 is 1.76 bits per heavy atom. The molecule has 0 aliphatic rings. The second kappa shape index (κ2) is 7.72. The minimum atomic E-state index is 0.785. The number of aryl methyl sites for hydroxylation is 1. The van der Waals surface area contributed by atoms with Gasteiger partial charge in [0, 0.05) is 17.1 Å². The molecule has 0 saturated heterocycles. The van der Waals surface area contributed by atoms with Crippen molar-refractivity contribution in [3.8, 4) is 0 Å². The summed E-state index contributed by atoms with van der Waals surface area (Å²) in [5.41, 5.74) is 10.4. The highest BCUT2D eigenvalue weighted by molar-refractivity contribution is 5.66. The first kappa shape index (κ1) is 15.4. The second-order valence-corrected chi connectivity index (χ2v) is 6.05. The minimum Gasteiger partial charge on any atom is -0.399 e. The quantitative estimate of drug-likeness (QED) is 0.528. The number of nitrogens with one attached hydrogen (secondary N) is 1. The second-order valence-electron chi connectivity index (χ2n) is 6.05. The number of benzene rings is 2. The van der Waals surface area contributed by atoms with E-state index in [-0.39, 0.29) is 0 Å². The van der Waals surface area contributed by atoms with Crippen LogP contribution in [-0.2, 0) is 6.42 Å². The van der Waals surface area contributed by atoms with E-state index in [1.54, 1.807) is 0 Å². The maximum Gasteiger partial charge on any atom is 0.0418 e. The predicted molar refractivity (Wildman–Crippen MR) is 93.0 cm³/mol. The van der Waals surface area contributed by atoms with Crippen molar-refractivity contribution in [3.05, 3.63) is 54.1 Å². The molecule has 0 aliphatic carbocycles. The van der Waals surface area contributed by atoms with Crippen LogP contribution in [0, 0.1) is 5.92 Å². The predicted octanol–water partition coefficient (Wildman–Crippen LogP) is 5.38. The summed E-state index contributed by atoms with van der Waals surface area (Å²) in [4.78, 5) is 0. The fourth-order valence-corrected chi connectivity index (χ4v) is 2.49. The van der Waals surface area contributed by atoms with Gasteiger partial charge in [-0.1, -0.05) is 44.9 Å². The summed E-state index contributed by atoms with van der Waals surface area (Å²) in [5, 5.41) is 3.49. The summed E-state index contributed by atoms with van der Waals surface area (Å²) >= 11 is 0. The van der Waals surface area contributed by atoms with Crippen LogP contribution in [0.15, 0.2) is 48.5 Å². The Morgan fingerprint density at radius 1 is 1.00 bits per heavy atom. The Bertz CT molecular complexity index is 547. The molecular formula is C19H26N2. The number of hydrogen-bond acceptors (Lipinski definition) is 2. The van der Waals surface area contributed by atoms with Crippen molar-refractivity contribution in [1.82, 2.24) is 0 Å². The van der Waals surface area contributed by atoms with Gasteiger partial charge < -0.3 is 11.1 Å². The molecule has 2 rings (SSSR count). The average molecular weight is 282 g/mol. The molecule has 0 bridgehead atoms. The fourth-order valence-electron chi connectivity index (χ4n) is 2.49. The number of hydrogen-bond donors (Lipinski definition) is 2. The van der Waals surface area contributed by atoms with Crippen molar-refractivity contribution < 1.29 is 0 Å². The van der Waals surface area contributed by atoms with Crippen LogP contribution in [0.5, 0.6) is 0 Å². The average Bonchev–Trinajstić information content (AvgIpc) is 2.47. The molecule has 0 aliphatic heterocycles. The van der Waals surface area contributed by atoms with E-state index < -0.39 is 0 Å². The first-order valence-corrected chi connectivity index (χ1v) is 7.85. The molecule has 0 atom stereocenters. The molecule has 3 N–H and O–H groups in total. The maximum atomic E-state index is 5.95. The number of anilines is 3. The summed E-state index contributed by atoms with van der Waals surface area (Å²) < 4.78 is 0. The summed E-state index contributed by atoms with van der Waals surface area (Å²) in [7, 11) is 0. The molecule has 0 spiro atoms.